The van der Waals surface area contributed by atoms with E-state index in [9.17, 15) is 4.79 Å². The van der Waals surface area contributed by atoms with Crippen molar-refractivity contribution in [1.82, 2.24) is 0 Å². The molecule has 0 heterocycles. The molecule has 0 saturated heterocycles. The van der Waals surface area contributed by atoms with Gasteiger partial charge in [0.2, 0.25) is 0 Å². The van der Waals surface area contributed by atoms with Crippen molar-refractivity contribution in [3.8, 4) is 0 Å². The number of carbonyl (C=O) groups excluding carboxylic acids is 1. The van der Waals surface area contributed by atoms with E-state index in [1.54, 1.807) is 11.8 Å². The minimum Gasteiger partial charge on any atom is -0.468 e. The minimum atomic E-state index is -0.540. The van der Waals surface area contributed by atoms with Gasteiger partial charge < -0.3 is 4.74 Å². The highest BCUT2D eigenvalue weighted by molar-refractivity contribution is 8.03. The highest BCUT2D eigenvalue weighted by Gasteiger charge is 2.30. The van der Waals surface area contributed by atoms with Gasteiger partial charge in [-0.25, -0.2) is 0 Å². The summed E-state index contributed by atoms with van der Waals surface area (Å²) in [6, 6.07) is 10.2. The Balaban J connectivity index is 2.94. The van der Waals surface area contributed by atoms with Crippen molar-refractivity contribution in [2.24, 2.45) is 5.41 Å². The molecular formula is C16H22O2S. The maximum atomic E-state index is 11.9. The predicted octanol–water partition coefficient (Wildman–Crippen LogP) is 4.66. The molecule has 0 aliphatic rings. The third kappa shape index (κ3) is 4.43. The Morgan fingerprint density at radius 2 is 1.95 bits per heavy atom. The van der Waals surface area contributed by atoms with Gasteiger partial charge in [0.25, 0.3) is 0 Å². The zero-order valence-electron chi connectivity index (χ0n) is 12.1. The second-order valence-electron chi connectivity index (χ2n) is 4.64. The Morgan fingerprint density at radius 1 is 1.32 bits per heavy atom. The van der Waals surface area contributed by atoms with Crippen molar-refractivity contribution >= 4 is 17.7 Å². The largest absolute Gasteiger partial charge is 0.468 e. The van der Waals surface area contributed by atoms with Gasteiger partial charge in [-0.05, 0) is 36.8 Å². The van der Waals surface area contributed by atoms with Crippen LogP contribution in [0.25, 0.3) is 0 Å². The normalized spacial score (nSPS) is 14.8. The molecule has 1 rings (SSSR count). The van der Waals surface area contributed by atoms with Crippen LogP contribution in [0.15, 0.2) is 46.2 Å². The van der Waals surface area contributed by atoms with Crippen molar-refractivity contribution in [1.29, 1.82) is 0 Å². The predicted molar refractivity (Wildman–Crippen MR) is 81.1 cm³/mol. The van der Waals surface area contributed by atoms with Gasteiger partial charge in [0.1, 0.15) is 0 Å². The van der Waals surface area contributed by atoms with Crippen LogP contribution in [0.3, 0.4) is 0 Å². The monoisotopic (exact) mass is 278 g/mol. The number of hydrogen-bond donors (Lipinski definition) is 0. The van der Waals surface area contributed by atoms with E-state index in [-0.39, 0.29) is 5.97 Å². The second-order valence-corrected chi connectivity index (χ2v) is 5.84. The molecule has 0 aliphatic carbocycles. The molecule has 0 radical (unpaired) electrons. The van der Waals surface area contributed by atoms with Crippen molar-refractivity contribution in [2.45, 2.75) is 38.5 Å². The summed E-state index contributed by atoms with van der Waals surface area (Å²) in [7, 11) is 1.44. The first-order chi connectivity index (χ1) is 9.05. The number of benzene rings is 1. The Labute approximate surface area is 120 Å². The molecule has 104 valence electrons. The number of esters is 1. The van der Waals surface area contributed by atoms with Gasteiger partial charge in [-0.15, -0.1) is 0 Å². The first-order valence-electron chi connectivity index (χ1n) is 6.58. The van der Waals surface area contributed by atoms with Crippen molar-refractivity contribution in [2.75, 3.05) is 7.11 Å². The molecule has 1 atom stereocenters. The first kappa shape index (κ1) is 15.8. The lowest BCUT2D eigenvalue weighted by atomic mass is 9.87. The van der Waals surface area contributed by atoms with Crippen LogP contribution in [0.2, 0.25) is 0 Å². The highest BCUT2D eigenvalue weighted by atomic mass is 32.2. The molecule has 0 saturated carbocycles. The van der Waals surface area contributed by atoms with Gasteiger partial charge in [-0.3, -0.25) is 4.79 Å². The Morgan fingerprint density at radius 3 is 2.42 bits per heavy atom. The molecule has 19 heavy (non-hydrogen) atoms. The van der Waals surface area contributed by atoms with Crippen LogP contribution < -0.4 is 0 Å². The van der Waals surface area contributed by atoms with Gasteiger partial charge in [0.05, 0.1) is 12.5 Å². The molecule has 2 nitrogen and oxygen atoms in total. The van der Waals surface area contributed by atoms with E-state index in [0.29, 0.717) is 0 Å². The number of ether oxygens (including phenoxy) is 1. The zero-order valence-corrected chi connectivity index (χ0v) is 12.9. The van der Waals surface area contributed by atoms with Gasteiger partial charge in [0, 0.05) is 4.90 Å². The number of hydrogen-bond acceptors (Lipinski definition) is 3. The lowest BCUT2D eigenvalue weighted by Gasteiger charge is -2.22. The number of thioether (sulfide) groups is 1. The average Bonchev–Trinajstić information content (AvgIpc) is 2.46. The summed E-state index contributed by atoms with van der Waals surface area (Å²) in [6.45, 7) is 6.04. The fourth-order valence-electron chi connectivity index (χ4n) is 1.74. The van der Waals surface area contributed by atoms with Crippen LogP contribution in [0.4, 0.5) is 0 Å². The van der Waals surface area contributed by atoms with E-state index in [0.717, 1.165) is 12.8 Å². The summed E-state index contributed by atoms with van der Waals surface area (Å²) in [5.41, 5.74) is -0.540. The summed E-state index contributed by atoms with van der Waals surface area (Å²) >= 11 is 1.71. The average molecular weight is 278 g/mol. The molecule has 0 spiro atoms. The number of allylic oxidation sites excluding steroid dienone is 1. The molecule has 0 fully saturated rings. The lowest BCUT2D eigenvalue weighted by Crippen LogP contribution is -2.26. The van der Waals surface area contributed by atoms with E-state index >= 15 is 0 Å². The van der Waals surface area contributed by atoms with Gasteiger partial charge in [-0.1, -0.05) is 49.9 Å². The van der Waals surface area contributed by atoms with Gasteiger partial charge >= 0.3 is 5.97 Å². The van der Waals surface area contributed by atoms with Crippen LogP contribution in [0, 0.1) is 5.41 Å². The lowest BCUT2D eigenvalue weighted by molar-refractivity contribution is -0.149. The molecule has 0 amide bonds. The van der Waals surface area contributed by atoms with E-state index < -0.39 is 5.41 Å². The number of rotatable bonds is 6. The molecule has 0 aromatic heterocycles. The molecule has 1 aromatic rings. The van der Waals surface area contributed by atoms with E-state index in [4.69, 9.17) is 4.74 Å². The number of carbonyl (C=O) groups is 1. The third-order valence-electron chi connectivity index (χ3n) is 3.21. The summed E-state index contributed by atoms with van der Waals surface area (Å²) in [6.07, 6.45) is 3.70. The summed E-state index contributed by atoms with van der Waals surface area (Å²) in [4.78, 5) is 14.3. The molecule has 0 bridgehead atoms. The SMILES string of the molecule is CC/C(=C\C(C)(CC)C(=O)OC)Sc1ccccc1. The van der Waals surface area contributed by atoms with Crippen molar-refractivity contribution < 1.29 is 9.53 Å². The van der Waals surface area contributed by atoms with E-state index in [1.165, 1.54) is 16.9 Å². The maximum Gasteiger partial charge on any atom is 0.315 e. The van der Waals surface area contributed by atoms with E-state index in [1.807, 2.05) is 32.0 Å². The zero-order chi connectivity index (χ0) is 14.3. The van der Waals surface area contributed by atoms with Crippen LogP contribution in [0.5, 0.6) is 0 Å². The Bertz CT molecular complexity index is 439. The summed E-state index contributed by atoms with van der Waals surface area (Å²) in [5, 5.41) is 0. The number of methoxy groups -OCH3 is 1. The fourth-order valence-corrected chi connectivity index (χ4v) is 2.80. The van der Waals surface area contributed by atoms with E-state index in [2.05, 4.69) is 25.1 Å². The van der Waals surface area contributed by atoms with Gasteiger partial charge in [0.15, 0.2) is 0 Å². The van der Waals surface area contributed by atoms with Crippen LogP contribution >= 0.6 is 11.8 Å². The summed E-state index contributed by atoms with van der Waals surface area (Å²) in [5.74, 6) is -0.172. The molecule has 1 aromatic carbocycles. The first-order valence-corrected chi connectivity index (χ1v) is 7.40. The maximum absolute atomic E-state index is 11.9. The molecular weight excluding hydrogens is 256 g/mol. The second kappa shape index (κ2) is 7.39. The topological polar surface area (TPSA) is 26.3 Å². The smallest absolute Gasteiger partial charge is 0.315 e. The van der Waals surface area contributed by atoms with Crippen LogP contribution in [0.1, 0.15) is 33.6 Å². The Kier molecular flexibility index (Phi) is 6.16. The van der Waals surface area contributed by atoms with Crippen molar-refractivity contribution in [3.63, 3.8) is 0 Å². The molecule has 0 aliphatic heterocycles. The standard InChI is InChI=1S/C16H22O2S/c1-5-13(19-14-10-8-7-9-11-14)12-16(3,6-2)15(17)18-4/h7-12H,5-6H2,1-4H3/b13-12+. The highest BCUT2D eigenvalue weighted by Crippen LogP contribution is 2.34. The Hall–Kier alpha value is -1.22. The quantitative estimate of drug-likeness (QED) is 0.559. The van der Waals surface area contributed by atoms with Crippen molar-refractivity contribution in [3.05, 3.63) is 41.3 Å². The molecule has 1 unspecified atom stereocenters. The van der Waals surface area contributed by atoms with Crippen LogP contribution in [-0.2, 0) is 9.53 Å². The molecule has 3 heteroatoms. The van der Waals surface area contributed by atoms with Crippen LogP contribution in [-0.4, -0.2) is 13.1 Å². The van der Waals surface area contributed by atoms with Gasteiger partial charge in [-0.2, -0.15) is 0 Å². The molecule has 0 N–H and O–H groups in total. The summed E-state index contributed by atoms with van der Waals surface area (Å²) < 4.78 is 4.91. The fraction of sp³-hybridized carbons (Fsp3) is 0.438. The minimum absolute atomic E-state index is 0.172. The third-order valence-corrected chi connectivity index (χ3v) is 4.38.